The number of aryl methyl sites for hydroxylation is 1. The molecule has 2 aromatic rings. The molecule has 0 radical (unpaired) electrons. The van der Waals surface area contributed by atoms with Gasteiger partial charge in [0.2, 0.25) is 0 Å². The van der Waals surface area contributed by atoms with Gasteiger partial charge in [0.15, 0.2) is 0 Å². The van der Waals surface area contributed by atoms with Gasteiger partial charge < -0.3 is 5.32 Å². The molecule has 0 aliphatic carbocycles. The summed E-state index contributed by atoms with van der Waals surface area (Å²) in [5.74, 6) is 1.62. The van der Waals surface area contributed by atoms with Crippen LogP contribution in [-0.2, 0) is 6.42 Å². The molecule has 0 amide bonds. The van der Waals surface area contributed by atoms with Crippen molar-refractivity contribution in [2.45, 2.75) is 13.3 Å². The maximum Gasteiger partial charge on any atom is 0.129 e. The van der Waals surface area contributed by atoms with Crippen molar-refractivity contribution < 1.29 is 0 Å². The van der Waals surface area contributed by atoms with Crippen LogP contribution in [-0.4, -0.2) is 22.0 Å². The van der Waals surface area contributed by atoms with Crippen LogP contribution in [0.2, 0.25) is 0 Å². The van der Waals surface area contributed by atoms with Gasteiger partial charge >= 0.3 is 0 Å². The minimum Gasteiger partial charge on any atom is -0.373 e. The molecule has 0 saturated carbocycles. The Morgan fingerprint density at radius 2 is 2.06 bits per heavy atom. The molecule has 0 saturated heterocycles. The average Bonchev–Trinajstić information content (AvgIpc) is 2.29. The third-order valence-corrected chi connectivity index (χ3v) is 2.24. The van der Waals surface area contributed by atoms with Crippen LogP contribution in [0.4, 0.5) is 5.82 Å². The first-order chi connectivity index (χ1) is 7.78. The van der Waals surface area contributed by atoms with Gasteiger partial charge in [-0.2, -0.15) is 0 Å². The van der Waals surface area contributed by atoms with Gasteiger partial charge in [0.25, 0.3) is 0 Å². The van der Waals surface area contributed by atoms with Gasteiger partial charge in [0.1, 0.15) is 11.6 Å². The summed E-state index contributed by atoms with van der Waals surface area (Å²) in [6, 6.07) is 7.83. The molecule has 2 aromatic heterocycles. The van der Waals surface area contributed by atoms with E-state index < -0.39 is 0 Å². The number of nitrogens with one attached hydrogen (secondary N) is 1. The molecule has 82 valence electrons. The average molecular weight is 214 g/mol. The second kappa shape index (κ2) is 4.70. The fourth-order valence-electron chi connectivity index (χ4n) is 1.54. The van der Waals surface area contributed by atoms with Gasteiger partial charge in [-0.3, -0.25) is 4.98 Å². The first kappa shape index (κ1) is 10.5. The van der Waals surface area contributed by atoms with Crippen LogP contribution in [0.3, 0.4) is 0 Å². The highest BCUT2D eigenvalue weighted by atomic mass is 15.0. The normalized spacial score (nSPS) is 10.1. The SMILES string of the molecule is CNc1cc(Cc2ccccn2)nc(C)n1. The molecule has 2 heterocycles. The molecule has 0 atom stereocenters. The molecule has 0 unspecified atom stereocenters. The zero-order valence-electron chi connectivity index (χ0n) is 9.44. The Labute approximate surface area is 94.8 Å². The Morgan fingerprint density at radius 1 is 1.19 bits per heavy atom. The molecular formula is C12H14N4. The number of nitrogens with zero attached hydrogens (tertiary/aromatic N) is 3. The molecule has 2 rings (SSSR count). The predicted octanol–water partition coefficient (Wildman–Crippen LogP) is 1.81. The van der Waals surface area contributed by atoms with Crippen molar-refractivity contribution in [2.24, 2.45) is 0 Å². The van der Waals surface area contributed by atoms with Crippen molar-refractivity contribution in [2.75, 3.05) is 12.4 Å². The third kappa shape index (κ3) is 2.53. The lowest BCUT2D eigenvalue weighted by atomic mass is 10.2. The van der Waals surface area contributed by atoms with E-state index in [4.69, 9.17) is 0 Å². The molecule has 4 nitrogen and oxygen atoms in total. The van der Waals surface area contributed by atoms with Crippen molar-refractivity contribution in [3.8, 4) is 0 Å². The zero-order chi connectivity index (χ0) is 11.4. The quantitative estimate of drug-likeness (QED) is 0.846. The molecule has 0 aromatic carbocycles. The van der Waals surface area contributed by atoms with Crippen LogP contribution in [0.25, 0.3) is 0 Å². The third-order valence-electron chi connectivity index (χ3n) is 2.24. The van der Waals surface area contributed by atoms with E-state index in [1.165, 1.54) is 0 Å². The van der Waals surface area contributed by atoms with Crippen molar-refractivity contribution in [3.05, 3.63) is 47.7 Å². The Hall–Kier alpha value is -1.97. The van der Waals surface area contributed by atoms with E-state index >= 15 is 0 Å². The fourth-order valence-corrected chi connectivity index (χ4v) is 1.54. The molecule has 1 N–H and O–H groups in total. The molecule has 0 bridgehead atoms. The molecule has 0 spiro atoms. The minimum atomic E-state index is 0.735. The van der Waals surface area contributed by atoms with E-state index in [1.807, 2.05) is 38.2 Å². The highest BCUT2D eigenvalue weighted by Gasteiger charge is 2.02. The maximum absolute atomic E-state index is 4.39. The van der Waals surface area contributed by atoms with Crippen molar-refractivity contribution in [1.29, 1.82) is 0 Å². The van der Waals surface area contributed by atoms with Gasteiger partial charge in [-0.1, -0.05) is 6.07 Å². The number of rotatable bonds is 3. The Morgan fingerprint density at radius 3 is 2.75 bits per heavy atom. The van der Waals surface area contributed by atoms with Crippen molar-refractivity contribution in [1.82, 2.24) is 15.0 Å². The summed E-state index contributed by atoms with van der Waals surface area (Å²) >= 11 is 0. The van der Waals surface area contributed by atoms with Crippen LogP contribution < -0.4 is 5.32 Å². The van der Waals surface area contributed by atoms with E-state index in [1.54, 1.807) is 6.20 Å². The van der Waals surface area contributed by atoms with Gasteiger partial charge in [-0.15, -0.1) is 0 Å². The summed E-state index contributed by atoms with van der Waals surface area (Å²) in [5.41, 5.74) is 2.00. The summed E-state index contributed by atoms with van der Waals surface area (Å²) in [5, 5.41) is 3.02. The summed E-state index contributed by atoms with van der Waals surface area (Å²) in [7, 11) is 1.85. The van der Waals surface area contributed by atoms with E-state index in [0.29, 0.717) is 0 Å². The summed E-state index contributed by atoms with van der Waals surface area (Å²) in [6.07, 6.45) is 2.53. The lowest BCUT2D eigenvalue weighted by molar-refractivity contribution is 0.947. The maximum atomic E-state index is 4.39. The second-order valence-electron chi connectivity index (χ2n) is 3.54. The minimum absolute atomic E-state index is 0.735. The molecule has 0 fully saturated rings. The topological polar surface area (TPSA) is 50.7 Å². The van der Waals surface area contributed by atoms with Gasteiger partial charge in [0.05, 0.1) is 5.69 Å². The number of pyridine rings is 1. The standard InChI is InChI=1S/C12H14N4/c1-9-15-11(8-12(13-2)16-9)7-10-5-3-4-6-14-10/h3-6,8H,7H2,1-2H3,(H,13,15,16). The lowest BCUT2D eigenvalue weighted by Crippen LogP contribution is -2.02. The smallest absolute Gasteiger partial charge is 0.129 e. The van der Waals surface area contributed by atoms with E-state index in [9.17, 15) is 0 Å². The largest absolute Gasteiger partial charge is 0.373 e. The predicted molar refractivity (Wildman–Crippen MR) is 63.4 cm³/mol. The van der Waals surface area contributed by atoms with E-state index in [2.05, 4.69) is 20.3 Å². The Bertz CT molecular complexity index is 468. The summed E-state index contributed by atoms with van der Waals surface area (Å²) in [4.78, 5) is 12.9. The van der Waals surface area contributed by atoms with Gasteiger partial charge in [0, 0.05) is 31.4 Å². The van der Waals surface area contributed by atoms with Gasteiger partial charge in [-0.05, 0) is 19.1 Å². The molecule has 0 aliphatic heterocycles. The van der Waals surface area contributed by atoms with Crippen LogP contribution in [0.15, 0.2) is 30.5 Å². The molecule has 4 heteroatoms. The van der Waals surface area contributed by atoms with Crippen molar-refractivity contribution >= 4 is 5.82 Å². The van der Waals surface area contributed by atoms with Crippen LogP contribution in [0.1, 0.15) is 17.2 Å². The summed E-state index contributed by atoms with van der Waals surface area (Å²) in [6.45, 7) is 1.89. The van der Waals surface area contributed by atoms with E-state index in [-0.39, 0.29) is 0 Å². The lowest BCUT2D eigenvalue weighted by Gasteiger charge is -2.05. The Kier molecular flexibility index (Phi) is 3.10. The molecule has 0 aliphatic rings. The first-order valence-corrected chi connectivity index (χ1v) is 5.20. The summed E-state index contributed by atoms with van der Waals surface area (Å²) < 4.78 is 0. The monoisotopic (exact) mass is 214 g/mol. The second-order valence-corrected chi connectivity index (χ2v) is 3.54. The highest BCUT2D eigenvalue weighted by Crippen LogP contribution is 2.09. The highest BCUT2D eigenvalue weighted by molar-refractivity contribution is 5.36. The Balaban J connectivity index is 2.24. The number of hydrogen-bond acceptors (Lipinski definition) is 4. The van der Waals surface area contributed by atoms with Crippen LogP contribution in [0.5, 0.6) is 0 Å². The zero-order valence-corrected chi connectivity index (χ0v) is 9.44. The van der Waals surface area contributed by atoms with Crippen molar-refractivity contribution in [3.63, 3.8) is 0 Å². The van der Waals surface area contributed by atoms with Crippen LogP contribution in [0, 0.1) is 6.92 Å². The fraction of sp³-hybridized carbons (Fsp3) is 0.250. The molecular weight excluding hydrogens is 200 g/mol. The van der Waals surface area contributed by atoms with Crippen LogP contribution >= 0.6 is 0 Å². The van der Waals surface area contributed by atoms with Gasteiger partial charge in [-0.25, -0.2) is 9.97 Å². The van der Waals surface area contributed by atoms with E-state index in [0.717, 1.165) is 29.5 Å². The number of hydrogen-bond donors (Lipinski definition) is 1. The molecule has 16 heavy (non-hydrogen) atoms. The number of aromatic nitrogens is 3. The first-order valence-electron chi connectivity index (χ1n) is 5.20. The number of anilines is 1.